The van der Waals surface area contributed by atoms with Crippen molar-refractivity contribution in [1.29, 1.82) is 0 Å². The van der Waals surface area contributed by atoms with E-state index in [1.54, 1.807) is 13.8 Å². The van der Waals surface area contributed by atoms with Gasteiger partial charge in [-0.05, 0) is 13.8 Å². The number of carbonyl (C=O) groups is 3. The molecule has 0 radical (unpaired) electrons. The molecule has 0 saturated carbocycles. The van der Waals surface area contributed by atoms with Gasteiger partial charge < -0.3 is 14.8 Å². The Morgan fingerprint density at radius 3 is 2.33 bits per heavy atom. The highest BCUT2D eigenvalue weighted by atomic mass is 16.5. The van der Waals surface area contributed by atoms with Crippen molar-refractivity contribution < 1.29 is 23.9 Å². The van der Waals surface area contributed by atoms with Gasteiger partial charge in [0.25, 0.3) is 0 Å². The normalized spacial score (nSPS) is 11.3. The van der Waals surface area contributed by atoms with E-state index >= 15 is 0 Å². The second-order valence-corrected chi connectivity index (χ2v) is 2.60. The van der Waals surface area contributed by atoms with Gasteiger partial charge in [0.15, 0.2) is 0 Å². The summed E-state index contributed by atoms with van der Waals surface area (Å²) in [7, 11) is 0. The van der Waals surface area contributed by atoms with Gasteiger partial charge in [0.2, 0.25) is 6.41 Å². The number of nitrogens with one attached hydrogen (secondary N) is 1. The van der Waals surface area contributed by atoms with Gasteiger partial charge in [-0.1, -0.05) is 0 Å². The molecule has 0 aromatic carbocycles. The summed E-state index contributed by atoms with van der Waals surface area (Å²) in [4.78, 5) is 32.5. The summed E-state index contributed by atoms with van der Waals surface area (Å²) < 4.78 is 9.31. The number of esters is 2. The number of rotatable bonds is 7. The molecule has 0 saturated heterocycles. The van der Waals surface area contributed by atoms with Gasteiger partial charge in [0, 0.05) is 0 Å². The molecule has 1 atom stereocenters. The first kappa shape index (κ1) is 13.4. The molecule has 0 rings (SSSR count). The lowest BCUT2D eigenvalue weighted by molar-refractivity contribution is -0.152. The van der Waals surface area contributed by atoms with Crippen LogP contribution in [-0.4, -0.2) is 37.6 Å². The van der Waals surface area contributed by atoms with Crippen molar-refractivity contribution in [3.05, 3.63) is 0 Å². The van der Waals surface area contributed by atoms with E-state index in [0.717, 1.165) is 0 Å². The van der Waals surface area contributed by atoms with Crippen LogP contribution in [0.1, 0.15) is 20.3 Å². The molecule has 1 amide bonds. The summed E-state index contributed by atoms with van der Waals surface area (Å²) >= 11 is 0. The van der Waals surface area contributed by atoms with Gasteiger partial charge in [-0.25, -0.2) is 4.79 Å². The Bertz CT molecular complexity index is 229. The number of amides is 1. The number of hydrogen-bond donors (Lipinski definition) is 1. The molecule has 0 aromatic heterocycles. The molecule has 6 heteroatoms. The maximum Gasteiger partial charge on any atom is 0.329 e. The standard InChI is InChI=1S/C9H15NO5/c1-3-14-8(12)5-7(10-6-11)9(13)15-4-2/h6-7H,3-5H2,1-2H3,(H,10,11)/t7-/m0/s1. The van der Waals surface area contributed by atoms with Crippen LogP contribution in [0.5, 0.6) is 0 Å². The van der Waals surface area contributed by atoms with Crippen LogP contribution in [0.2, 0.25) is 0 Å². The van der Waals surface area contributed by atoms with Crippen molar-refractivity contribution in [2.24, 2.45) is 0 Å². The predicted molar refractivity (Wildman–Crippen MR) is 50.9 cm³/mol. The van der Waals surface area contributed by atoms with Crippen LogP contribution < -0.4 is 5.32 Å². The smallest absolute Gasteiger partial charge is 0.329 e. The second-order valence-electron chi connectivity index (χ2n) is 2.60. The van der Waals surface area contributed by atoms with Crippen LogP contribution in [0.4, 0.5) is 0 Å². The molecule has 6 nitrogen and oxygen atoms in total. The molecule has 0 bridgehead atoms. The fourth-order valence-corrected chi connectivity index (χ4v) is 0.922. The first-order valence-corrected chi connectivity index (χ1v) is 4.67. The Hall–Kier alpha value is -1.59. The van der Waals surface area contributed by atoms with Crippen LogP contribution in [0, 0.1) is 0 Å². The van der Waals surface area contributed by atoms with E-state index < -0.39 is 18.0 Å². The molecule has 15 heavy (non-hydrogen) atoms. The Morgan fingerprint density at radius 2 is 1.87 bits per heavy atom. The molecular formula is C9H15NO5. The molecule has 86 valence electrons. The molecular weight excluding hydrogens is 202 g/mol. The monoisotopic (exact) mass is 217 g/mol. The molecule has 0 heterocycles. The molecule has 1 N–H and O–H groups in total. The van der Waals surface area contributed by atoms with Gasteiger partial charge in [-0.2, -0.15) is 0 Å². The molecule has 0 unspecified atom stereocenters. The van der Waals surface area contributed by atoms with Crippen molar-refractivity contribution in [3.63, 3.8) is 0 Å². The summed E-state index contributed by atoms with van der Waals surface area (Å²) in [6, 6.07) is -0.971. The molecule has 0 aliphatic carbocycles. The van der Waals surface area contributed by atoms with E-state index in [-0.39, 0.29) is 19.6 Å². The van der Waals surface area contributed by atoms with Crippen LogP contribution in [-0.2, 0) is 23.9 Å². The zero-order valence-corrected chi connectivity index (χ0v) is 8.82. The minimum absolute atomic E-state index is 0.193. The van der Waals surface area contributed by atoms with Gasteiger partial charge >= 0.3 is 11.9 Å². The Labute approximate surface area is 87.9 Å². The zero-order valence-electron chi connectivity index (χ0n) is 8.82. The summed E-state index contributed by atoms with van der Waals surface area (Å²) in [6.07, 6.45) is 0.131. The van der Waals surface area contributed by atoms with Gasteiger partial charge in [-0.3, -0.25) is 9.59 Å². The van der Waals surface area contributed by atoms with Crippen molar-refractivity contribution in [2.45, 2.75) is 26.3 Å². The first-order valence-electron chi connectivity index (χ1n) is 4.67. The van der Waals surface area contributed by atoms with Crippen LogP contribution >= 0.6 is 0 Å². The third kappa shape index (κ3) is 5.66. The summed E-state index contributed by atoms with van der Waals surface area (Å²) in [5.74, 6) is -1.19. The number of carbonyl (C=O) groups excluding carboxylic acids is 3. The molecule has 0 aliphatic rings. The second kappa shape index (κ2) is 7.78. The average Bonchev–Trinajstić information content (AvgIpc) is 2.18. The lowest BCUT2D eigenvalue weighted by Crippen LogP contribution is -2.39. The van der Waals surface area contributed by atoms with Crippen molar-refractivity contribution in [3.8, 4) is 0 Å². The quantitative estimate of drug-likeness (QED) is 0.464. The third-order valence-corrected chi connectivity index (χ3v) is 1.52. The number of ether oxygens (including phenoxy) is 2. The first-order chi connectivity index (χ1) is 7.15. The minimum Gasteiger partial charge on any atom is -0.466 e. The highest BCUT2D eigenvalue weighted by molar-refractivity contribution is 5.84. The maximum atomic E-state index is 11.2. The minimum atomic E-state index is -0.971. The fraction of sp³-hybridized carbons (Fsp3) is 0.667. The predicted octanol–water partition coefficient (Wildman–Crippen LogP) is -0.383. The van der Waals surface area contributed by atoms with E-state index in [1.165, 1.54) is 0 Å². The van der Waals surface area contributed by atoms with E-state index in [9.17, 15) is 14.4 Å². The average molecular weight is 217 g/mol. The summed E-state index contributed by atoms with van der Waals surface area (Å²) in [5, 5.41) is 2.20. The Morgan fingerprint density at radius 1 is 1.27 bits per heavy atom. The highest BCUT2D eigenvalue weighted by Gasteiger charge is 2.22. The molecule has 0 spiro atoms. The Balaban J connectivity index is 4.19. The fourth-order valence-electron chi connectivity index (χ4n) is 0.922. The van der Waals surface area contributed by atoms with Crippen LogP contribution in [0.25, 0.3) is 0 Å². The van der Waals surface area contributed by atoms with E-state index in [1.807, 2.05) is 0 Å². The van der Waals surface area contributed by atoms with Crippen molar-refractivity contribution >= 4 is 18.3 Å². The summed E-state index contributed by atoms with van der Waals surface area (Å²) in [5.41, 5.74) is 0. The third-order valence-electron chi connectivity index (χ3n) is 1.52. The molecule has 0 aromatic rings. The van der Waals surface area contributed by atoms with E-state index in [4.69, 9.17) is 0 Å². The van der Waals surface area contributed by atoms with E-state index in [0.29, 0.717) is 6.41 Å². The SMILES string of the molecule is CCOC(=O)C[C@H](NC=O)C(=O)OCC. The zero-order chi connectivity index (χ0) is 11.7. The molecule has 0 fully saturated rings. The Kier molecular flexibility index (Phi) is 6.96. The topological polar surface area (TPSA) is 81.7 Å². The molecule has 0 aliphatic heterocycles. The lowest BCUT2D eigenvalue weighted by Gasteiger charge is -2.13. The highest BCUT2D eigenvalue weighted by Crippen LogP contribution is 1.97. The largest absolute Gasteiger partial charge is 0.466 e. The maximum absolute atomic E-state index is 11.2. The van der Waals surface area contributed by atoms with Gasteiger partial charge in [-0.15, -0.1) is 0 Å². The van der Waals surface area contributed by atoms with Crippen molar-refractivity contribution in [1.82, 2.24) is 5.32 Å². The number of hydrogen-bond acceptors (Lipinski definition) is 5. The van der Waals surface area contributed by atoms with Gasteiger partial charge in [0.1, 0.15) is 6.04 Å². The van der Waals surface area contributed by atoms with E-state index in [2.05, 4.69) is 14.8 Å². The van der Waals surface area contributed by atoms with Crippen LogP contribution in [0.15, 0.2) is 0 Å². The lowest BCUT2D eigenvalue weighted by atomic mass is 10.2. The van der Waals surface area contributed by atoms with Gasteiger partial charge in [0.05, 0.1) is 19.6 Å². The van der Waals surface area contributed by atoms with Crippen LogP contribution in [0.3, 0.4) is 0 Å². The summed E-state index contributed by atoms with van der Waals surface area (Å²) in [6.45, 7) is 3.72. The van der Waals surface area contributed by atoms with Crippen molar-refractivity contribution in [2.75, 3.05) is 13.2 Å².